The second-order valence-electron chi connectivity index (χ2n) is 10.2. The Kier molecular flexibility index (Phi) is 10.2. The van der Waals surface area contributed by atoms with Crippen molar-refractivity contribution in [2.24, 2.45) is 0 Å². The van der Waals surface area contributed by atoms with Crippen LogP contribution in [0.4, 0.5) is 13.2 Å². The maximum absolute atomic E-state index is 13.1. The van der Waals surface area contributed by atoms with Crippen LogP contribution in [0.3, 0.4) is 0 Å². The standard InChI is InChI=1S/C32H32F3N3O5/c33-32(34,35)31(39)43-30-28(41-16-6-15-40-20-22-7-2-1-3-8-22)19-37-29(38-30)26-13-14-36-18-27(26)42-21-23-11-12-24-9-4-5-10-25(24)17-23/h1-5,7-12,17,19,26-27,36H,6,13-16,18,20-21H2. The number of nitrogens with one attached hydrogen (secondary N) is 1. The monoisotopic (exact) mass is 595 g/mol. The lowest BCUT2D eigenvalue weighted by molar-refractivity contribution is -0.190. The third-order valence-corrected chi connectivity index (χ3v) is 7.00. The number of esters is 1. The first-order valence-electron chi connectivity index (χ1n) is 14.1. The van der Waals surface area contributed by atoms with Crippen LogP contribution in [-0.2, 0) is 27.5 Å². The van der Waals surface area contributed by atoms with Crippen LogP contribution in [0.2, 0.25) is 0 Å². The summed E-state index contributed by atoms with van der Waals surface area (Å²) >= 11 is 0. The number of rotatable bonds is 12. The lowest BCUT2D eigenvalue weighted by Crippen LogP contribution is -2.41. The largest absolute Gasteiger partial charge is 0.491 e. The normalized spacial score (nSPS) is 17.1. The molecule has 1 aliphatic heterocycles. The van der Waals surface area contributed by atoms with Crippen LogP contribution in [0, 0.1) is 0 Å². The van der Waals surface area contributed by atoms with E-state index in [1.165, 1.54) is 6.20 Å². The van der Waals surface area contributed by atoms with Crippen molar-refractivity contribution in [3.05, 3.63) is 95.9 Å². The van der Waals surface area contributed by atoms with E-state index >= 15 is 0 Å². The Morgan fingerprint density at radius 2 is 1.72 bits per heavy atom. The first kappa shape index (κ1) is 30.4. The van der Waals surface area contributed by atoms with Gasteiger partial charge >= 0.3 is 12.1 Å². The number of nitrogens with zero attached hydrogens (tertiary/aromatic N) is 2. The van der Waals surface area contributed by atoms with E-state index in [4.69, 9.17) is 14.2 Å². The molecule has 11 heteroatoms. The Morgan fingerprint density at radius 1 is 0.930 bits per heavy atom. The van der Waals surface area contributed by atoms with Gasteiger partial charge in [0.25, 0.3) is 5.88 Å². The lowest BCUT2D eigenvalue weighted by Gasteiger charge is -2.31. The van der Waals surface area contributed by atoms with Gasteiger partial charge in [0.2, 0.25) is 5.75 Å². The summed E-state index contributed by atoms with van der Waals surface area (Å²) in [5, 5.41) is 5.50. The summed E-state index contributed by atoms with van der Waals surface area (Å²) in [6.07, 6.45) is -3.29. The van der Waals surface area contributed by atoms with Crippen LogP contribution >= 0.6 is 0 Å². The number of halogens is 3. The minimum atomic E-state index is -5.20. The number of carbonyl (C=O) groups excluding carboxylic acids is 1. The topological polar surface area (TPSA) is 91.8 Å². The number of aromatic nitrogens is 2. The van der Waals surface area contributed by atoms with Gasteiger partial charge in [0, 0.05) is 18.9 Å². The van der Waals surface area contributed by atoms with Crippen LogP contribution in [0.5, 0.6) is 11.6 Å². The second kappa shape index (κ2) is 14.4. The first-order chi connectivity index (χ1) is 20.9. The van der Waals surface area contributed by atoms with Crippen molar-refractivity contribution in [3.8, 4) is 11.6 Å². The quantitative estimate of drug-likeness (QED) is 0.164. The molecule has 1 N–H and O–H groups in total. The highest BCUT2D eigenvalue weighted by Crippen LogP contribution is 2.32. The van der Waals surface area contributed by atoms with Crippen LogP contribution in [0.15, 0.2) is 79.0 Å². The van der Waals surface area contributed by atoms with Gasteiger partial charge in [-0.15, -0.1) is 0 Å². The fourth-order valence-corrected chi connectivity index (χ4v) is 4.80. The molecule has 0 radical (unpaired) electrons. The summed E-state index contributed by atoms with van der Waals surface area (Å²) in [4.78, 5) is 20.3. The van der Waals surface area contributed by atoms with Gasteiger partial charge in [-0.2, -0.15) is 18.2 Å². The predicted octanol–water partition coefficient (Wildman–Crippen LogP) is 5.75. The molecule has 43 heavy (non-hydrogen) atoms. The summed E-state index contributed by atoms with van der Waals surface area (Å²) in [6, 6.07) is 23.7. The zero-order valence-corrected chi connectivity index (χ0v) is 23.4. The van der Waals surface area contributed by atoms with Gasteiger partial charge in [-0.3, -0.25) is 0 Å². The molecule has 3 aromatic carbocycles. The molecule has 0 aliphatic carbocycles. The Balaban J connectivity index is 1.24. The summed E-state index contributed by atoms with van der Waals surface area (Å²) in [6.45, 7) is 2.35. The number of ether oxygens (including phenoxy) is 4. The van der Waals surface area contributed by atoms with E-state index in [0.29, 0.717) is 45.8 Å². The average Bonchev–Trinajstić information content (AvgIpc) is 3.02. The van der Waals surface area contributed by atoms with Crippen molar-refractivity contribution in [2.75, 3.05) is 26.3 Å². The van der Waals surface area contributed by atoms with Gasteiger partial charge < -0.3 is 24.3 Å². The number of hydrogen-bond donors (Lipinski definition) is 1. The van der Waals surface area contributed by atoms with Gasteiger partial charge in [-0.1, -0.05) is 66.7 Å². The van der Waals surface area contributed by atoms with E-state index in [-0.39, 0.29) is 30.2 Å². The van der Waals surface area contributed by atoms with E-state index in [9.17, 15) is 18.0 Å². The van der Waals surface area contributed by atoms with E-state index in [2.05, 4.69) is 26.1 Å². The highest BCUT2D eigenvalue weighted by Gasteiger charge is 2.42. The zero-order chi connectivity index (χ0) is 30.1. The van der Waals surface area contributed by atoms with Gasteiger partial charge in [0.05, 0.1) is 38.7 Å². The summed E-state index contributed by atoms with van der Waals surface area (Å²) in [7, 11) is 0. The Hall–Kier alpha value is -4.06. The average molecular weight is 596 g/mol. The molecule has 5 rings (SSSR count). The molecule has 0 amide bonds. The van der Waals surface area contributed by atoms with Crippen LogP contribution in [-0.4, -0.2) is 54.5 Å². The highest BCUT2D eigenvalue weighted by atomic mass is 19.4. The summed E-state index contributed by atoms with van der Waals surface area (Å²) in [5.41, 5.74) is 2.01. The molecule has 8 nitrogen and oxygen atoms in total. The molecule has 2 heterocycles. The number of alkyl halides is 3. The Bertz CT molecular complexity index is 1500. The van der Waals surface area contributed by atoms with Crippen molar-refractivity contribution in [2.45, 2.75) is 44.3 Å². The molecule has 1 fully saturated rings. The molecule has 4 aromatic rings. The minimum absolute atomic E-state index is 0.0961. The van der Waals surface area contributed by atoms with E-state index in [1.54, 1.807) is 0 Å². The molecular formula is C32H32F3N3O5. The fourth-order valence-electron chi connectivity index (χ4n) is 4.80. The summed E-state index contributed by atoms with van der Waals surface area (Å²) in [5.74, 6) is -3.25. The summed E-state index contributed by atoms with van der Waals surface area (Å²) < 4.78 is 61.4. The third-order valence-electron chi connectivity index (χ3n) is 7.00. The van der Waals surface area contributed by atoms with Gasteiger partial charge in [-0.05, 0) is 40.9 Å². The smallest absolute Gasteiger partial charge is 0.487 e. The lowest BCUT2D eigenvalue weighted by atomic mass is 9.94. The number of benzene rings is 3. The molecule has 0 bridgehead atoms. The molecule has 1 aliphatic rings. The SMILES string of the molecule is O=C(Oc1nc(C2CCNCC2OCc2ccc3ccccc3c2)ncc1OCCCOCc1ccccc1)C(F)(F)F. The molecule has 2 atom stereocenters. The van der Waals surface area contributed by atoms with Crippen molar-refractivity contribution in [1.29, 1.82) is 0 Å². The molecular weight excluding hydrogens is 563 g/mol. The van der Waals surface area contributed by atoms with E-state index in [0.717, 1.165) is 21.9 Å². The van der Waals surface area contributed by atoms with Gasteiger partial charge in [0.1, 0.15) is 5.82 Å². The Morgan fingerprint density at radius 3 is 2.53 bits per heavy atom. The molecule has 0 saturated carbocycles. The highest BCUT2D eigenvalue weighted by molar-refractivity contribution is 5.83. The number of hydrogen-bond acceptors (Lipinski definition) is 8. The number of piperidine rings is 1. The second-order valence-corrected chi connectivity index (χ2v) is 10.2. The van der Waals surface area contributed by atoms with Crippen LogP contribution in [0.25, 0.3) is 10.8 Å². The van der Waals surface area contributed by atoms with Crippen molar-refractivity contribution in [3.63, 3.8) is 0 Å². The van der Waals surface area contributed by atoms with E-state index < -0.39 is 18.0 Å². The maximum atomic E-state index is 13.1. The van der Waals surface area contributed by atoms with Crippen LogP contribution in [0.1, 0.15) is 35.7 Å². The molecule has 0 spiro atoms. The zero-order valence-electron chi connectivity index (χ0n) is 23.4. The molecule has 1 aromatic heterocycles. The maximum Gasteiger partial charge on any atom is 0.491 e. The molecule has 2 unspecified atom stereocenters. The Labute approximate surface area is 247 Å². The van der Waals surface area contributed by atoms with Crippen molar-refractivity contribution >= 4 is 16.7 Å². The van der Waals surface area contributed by atoms with E-state index in [1.807, 2.05) is 66.7 Å². The van der Waals surface area contributed by atoms with Crippen molar-refractivity contribution < 1.29 is 36.9 Å². The fraction of sp³-hybridized carbons (Fsp3) is 0.344. The first-order valence-corrected chi connectivity index (χ1v) is 14.1. The number of carbonyl (C=O) groups is 1. The predicted molar refractivity (Wildman–Crippen MR) is 153 cm³/mol. The van der Waals surface area contributed by atoms with Gasteiger partial charge in [-0.25, -0.2) is 9.78 Å². The number of fused-ring (bicyclic) bond motifs is 1. The van der Waals surface area contributed by atoms with Gasteiger partial charge in [0.15, 0.2) is 0 Å². The molecule has 226 valence electrons. The van der Waals surface area contributed by atoms with Crippen molar-refractivity contribution in [1.82, 2.24) is 15.3 Å². The third kappa shape index (κ3) is 8.50. The minimum Gasteiger partial charge on any atom is -0.487 e. The van der Waals surface area contributed by atoms with Crippen LogP contribution < -0.4 is 14.8 Å². The molecule has 1 saturated heterocycles.